The lowest BCUT2D eigenvalue weighted by Crippen LogP contribution is -2.46. The van der Waals surface area contributed by atoms with Gasteiger partial charge in [0, 0.05) is 25.7 Å². The molecule has 3 heteroatoms. The van der Waals surface area contributed by atoms with Crippen LogP contribution in [0.3, 0.4) is 0 Å². The van der Waals surface area contributed by atoms with Gasteiger partial charge in [-0.1, -0.05) is 30.7 Å². The van der Waals surface area contributed by atoms with Crippen LogP contribution in [0.1, 0.15) is 49.4 Å². The molecule has 3 rings (SSSR count). The molecular formula is C19H28N2O. The molecule has 0 aromatic heterocycles. The van der Waals surface area contributed by atoms with E-state index in [9.17, 15) is 4.79 Å². The fraction of sp³-hybridized carbons (Fsp3) is 0.632. The minimum Gasteiger partial charge on any atom is -0.342 e. The maximum atomic E-state index is 12.6. The lowest BCUT2D eigenvalue weighted by atomic mass is 9.92. The number of aryl methyl sites for hydroxylation is 1. The molecule has 0 spiro atoms. The number of rotatable bonds is 2. The fourth-order valence-electron chi connectivity index (χ4n) is 3.76. The molecule has 0 aliphatic carbocycles. The van der Waals surface area contributed by atoms with Crippen molar-refractivity contribution in [3.05, 3.63) is 34.9 Å². The van der Waals surface area contributed by atoms with Crippen molar-refractivity contribution in [2.24, 2.45) is 5.92 Å². The normalized spacial score (nSPS) is 23.4. The van der Waals surface area contributed by atoms with E-state index in [1.807, 2.05) is 0 Å². The number of benzene rings is 1. The van der Waals surface area contributed by atoms with Crippen molar-refractivity contribution in [2.75, 3.05) is 26.2 Å². The number of likely N-dealkylation sites (tertiary alicyclic amines) is 1. The molecular weight excluding hydrogens is 272 g/mol. The summed E-state index contributed by atoms with van der Waals surface area (Å²) in [6.07, 6.45) is 3.37. The SMILES string of the molecule is Cc1ccc2c(c1)CCN(CC(=O)N1CCC(C)CC1)C2C. The standard InChI is InChI=1S/C19H28N2O/c1-14-6-9-20(10-7-14)19(22)13-21-11-8-17-12-15(2)4-5-18(17)16(21)3/h4-5,12,14,16H,6-11,13H2,1-3H3. The first kappa shape index (κ1) is 15.5. The molecule has 3 nitrogen and oxygen atoms in total. The minimum atomic E-state index is 0.314. The van der Waals surface area contributed by atoms with Gasteiger partial charge in [0.25, 0.3) is 0 Å². The zero-order chi connectivity index (χ0) is 15.7. The van der Waals surface area contributed by atoms with Gasteiger partial charge in [-0.2, -0.15) is 0 Å². The Morgan fingerprint density at radius 2 is 1.91 bits per heavy atom. The number of piperidine rings is 1. The van der Waals surface area contributed by atoms with Crippen LogP contribution in [0.4, 0.5) is 0 Å². The lowest BCUT2D eigenvalue weighted by molar-refractivity contribution is -0.134. The smallest absolute Gasteiger partial charge is 0.236 e. The number of carbonyl (C=O) groups is 1. The van der Waals surface area contributed by atoms with E-state index in [4.69, 9.17) is 0 Å². The molecule has 1 aromatic rings. The molecule has 120 valence electrons. The van der Waals surface area contributed by atoms with Gasteiger partial charge in [-0.25, -0.2) is 0 Å². The molecule has 1 saturated heterocycles. The first-order valence-corrected chi connectivity index (χ1v) is 8.66. The maximum Gasteiger partial charge on any atom is 0.236 e. The average molecular weight is 300 g/mol. The summed E-state index contributed by atoms with van der Waals surface area (Å²) in [6.45, 7) is 10.1. The van der Waals surface area contributed by atoms with E-state index < -0.39 is 0 Å². The van der Waals surface area contributed by atoms with Crippen LogP contribution in [0.2, 0.25) is 0 Å². The van der Waals surface area contributed by atoms with E-state index in [1.165, 1.54) is 16.7 Å². The van der Waals surface area contributed by atoms with E-state index in [0.717, 1.165) is 44.8 Å². The molecule has 0 N–H and O–H groups in total. The van der Waals surface area contributed by atoms with Crippen LogP contribution >= 0.6 is 0 Å². The van der Waals surface area contributed by atoms with Gasteiger partial charge in [-0.3, -0.25) is 9.69 Å². The van der Waals surface area contributed by atoms with Crippen LogP contribution in [0.5, 0.6) is 0 Å². The zero-order valence-electron chi connectivity index (χ0n) is 14.1. The molecule has 0 radical (unpaired) electrons. The second kappa shape index (κ2) is 6.41. The van der Waals surface area contributed by atoms with Gasteiger partial charge in [0.05, 0.1) is 6.54 Å². The topological polar surface area (TPSA) is 23.6 Å². The lowest BCUT2D eigenvalue weighted by Gasteiger charge is -2.37. The van der Waals surface area contributed by atoms with Crippen molar-refractivity contribution in [3.63, 3.8) is 0 Å². The van der Waals surface area contributed by atoms with Gasteiger partial charge in [0.15, 0.2) is 0 Å². The van der Waals surface area contributed by atoms with Crippen LogP contribution in [-0.2, 0) is 11.2 Å². The van der Waals surface area contributed by atoms with E-state index >= 15 is 0 Å². The van der Waals surface area contributed by atoms with Crippen molar-refractivity contribution in [2.45, 2.75) is 46.1 Å². The number of hydrogen-bond acceptors (Lipinski definition) is 2. The Hall–Kier alpha value is -1.35. The van der Waals surface area contributed by atoms with Crippen LogP contribution in [0, 0.1) is 12.8 Å². The Labute approximate surface area is 134 Å². The van der Waals surface area contributed by atoms with Gasteiger partial charge < -0.3 is 4.90 Å². The Morgan fingerprint density at radius 1 is 1.18 bits per heavy atom. The highest BCUT2D eigenvalue weighted by atomic mass is 16.2. The number of amides is 1. The van der Waals surface area contributed by atoms with Gasteiger partial charge in [-0.15, -0.1) is 0 Å². The molecule has 2 aliphatic rings. The summed E-state index contributed by atoms with van der Waals surface area (Å²) in [7, 11) is 0. The number of fused-ring (bicyclic) bond motifs is 1. The highest BCUT2D eigenvalue weighted by Gasteiger charge is 2.28. The minimum absolute atomic E-state index is 0.314. The second-order valence-electron chi connectivity index (χ2n) is 7.16. The third kappa shape index (κ3) is 3.19. The van der Waals surface area contributed by atoms with E-state index in [2.05, 4.69) is 48.8 Å². The summed E-state index contributed by atoms with van der Waals surface area (Å²) in [5.74, 6) is 1.09. The van der Waals surface area contributed by atoms with Crippen molar-refractivity contribution >= 4 is 5.91 Å². The Bertz CT molecular complexity index is 546. The summed E-state index contributed by atoms with van der Waals surface area (Å²) >= 11 is 0. The van der Waals surface area contributed by atoms with Crippen molar-refractivity contribution < 1.29 is 4.79 Å². The molecule has 22 heavy (non-hydrogen) atoms. The van der Waals surface area contributed by atoms with Crippen LogP contribution < -0.4 is 0 Å². The summed E-state index contributed by atoms with van der Waals surface area (Å²) < 4.78 is 0. The van der Waals surface area contributed by atoms with Gasteiger partial charge in [0.1, 0.15) is 0 Å². The summed E-state index contributed by atoms with van der Waals surface area (Å²) in [5.41, 5.74) is 4.19. The van der Waals surface area contributed by atoms with Crippen molar-refractivity contribution in [1.82, 2.24) is 9.80 Å². The largest absolute Gasteiger partial charge is 0.342 e. The molecule has 1 atom stereocenters. The monoisotopic (exact) mass is 300 g/mol. The molecule has 1 amide bonds. The third-order valence-electron chi connectivity index (χ3n) is 5.44. The van der Waals surface area contributed by atoms with E-state index in [1.54, 1.807) is 0 Å². The number of carbonyl (C=O) groups excluding carboxylic acids is 1. The quantitative estimate of drug-likeness (QED) is 0.837. The fourth-order valence-corrected chi connectivity index (χ4v) is 3.76. The number of hydrogen-bond donors (Lipinski definition) is 0. The summed E-state index contributed by atoms with van der Waals surface area (Å²) in [6, 6.07) is 7.08. The molecule has 0 bridgehead atoms. The molecule has 1 fully saturated rings. The Balaban J connectivity index is 1.64. The highest BCUT2D eigenvalue weighted by Crippen LogP contribution is 2.30. The van der Waals surface area contributed by atoms with E-state index in [-0.39, 0.29) is 0 Å². The Kier molecular flexibility index (Phi) is 4.53. The second-order valence-corrected chi connectivity index (χ2v) is 7.16. The molecule has 0 saturated carbocycles. The molecule has 2 heterocycles. The van der Waals surface area contributed by atoms with Gasteiger partial charge in [0.2, 0.25) is 5.91 Å². The zero-order valence-corrected chi connectivity index (χ0v) is 14.1. The molecule has 2 aliphatic heterocycles. The first-order valence-electron chi connectivity index (χ1n) is 8.66. The van der Waals surface area contributed by atoms with Crippen LogP contribution in [0.25, 0.3) is 0 Å². The summed E-state index contributed by atoms with van der Waals surface area (Å²) in [4.78, 5) is 17.0. The first-order chi connectivity index (χ1) is 10.5. The predicted octanol–water partition coefficient (Wildman–Crippen LogP) is 3.17. The molecule has 1 aromatic carbocycles. The van der Waals surface area contributed by atoms with Crippen LogP contribution in [-0.4, -0.2) is 41.9 Å². The van der Waals surface area contributed by atoms with Gasteiger partial charge in [-0.05, 0) is 50.2 Å². The maximum absolute atomic E-state index is 12.6. The molecule has 1 unspecified atom stereocenters. The van der Waals surface area contributed by atoms with Crippen LogP contribution in [0.15, 0.2) is 18.2 Å². The van der Waals surface area contributed by atoms with Crippen molar-refractivity contribution in [3.8, 4) is 0 Å². The highest BCUT2D eigenvalue weighted by molar-refractivity contribution is 5.78. The average Bonchev–Trinajstić information content (AvgIpc) is 2.50. The predicted molar refractivity (Wildman–Crippen MR) is 89.8 cm³/mol. The third-order valence-corrected chi connectivity index (χ3v) is 5.44. The summed E-state index contributed by atoms with van der Waals surface area (Å²) in [5, 5.41) is 0. The van der Waals surface area contributed by atoms with Gasteiger partial charge >= 0.3 is 0 Å². The van der Waals surface area contributed by atoms with E-state index in [0.29, 0.717) is 18.5 Å². The van der Waals surface area contributed by atoms with Crippen molar-refractivity contribution in [1.29, 1.82) is 0 Å². The Morgan fingerprint density at radius 3 is 2.64 bits per heavy atom. The number of nitrogens with zero attached hydrogens (tertiary/aromatic N) is 2.